The van der Waals surface area contributed by atoms with Crippen LogP contribution in [-0.2, 0) is 41.7 Å². The number of aryl methyl sites for hydroxylation is 3. The Morgan fingerprint density at radius 1 is 0.388 bits per heavy atom. The highest BCUT2D eigenvalue weighted by atomic mass is 19.2. The lowest BCUT2D eigenvalue weighted by atomic mass is 9.84. The van der Waals surface area contributed by atoms with Gasteiger partial charge in [0.2, 0.25) is 0 Å². The standard InChI is InChI=1S/C11H14FNO2.4C11H17NO.C10H13FO.C9H10FNO3.C9H12FNO.C9H11FO/c1-7-3-5-8(6-4-7)9(12)11(2,13)10(14)15;2*1-8(11(2,3)12)9-4-6-10(13)7-5-9;1-8-6-10(13)5-4-9(8)7-11(2,3)12;1-8-6-9(4-5-10(8)13)7-11(2,3)12;1-8(7-11)6-9-2-4-10(12)5-3-9;10-9(11,8(13)14)5-6-1-3-7(12)4-2-6;1-9(10,11)6-7-2-4-8(12)5-3-7;1-2-9(10)7-3-5-8(11)6-4-7/h3-6,9H,13H2,1-2H3,(H,14,15);2*4-8,13H,12H2,1-3H3;2*4-6,13H,7,12H2,1-3H3;2-5,8,12H,6-7H2,1H3;1-4,12H,5,11H2,(H,13,14);2-5,12H,6,11H2,1H3;3-6,9,11H,2H2,1H3/t;2*8-;;;;2*9-;/m.11...11./s1. The Kier molecular flexibility index (Phi) is 42.6. The van der Waals surface area contributed by atoms with E-state index in [0.717, 1.165) is 58.2 Å². The average molecular weight is 1620 g/mol. The summed E-state index contributed by atoms with van der Waals surface area (Å²) in [4.78, 5) is 21.1. The molecule has 0 aliphatic carbocycles. The van der Waals surface area contributed by atoms with Gasteiger partial charge in [-0.2, -0.15) is 0 Å². The summed E-state index contributed by atoms with van der Waals surface area (Å²) in [6, 6.07) is 56.9. The smallest absolute Gasteiger partial charge is 0.356 e. The number of aromatic hydroxyl groups is 8. The molecule has 116 heavy (non-hydrogen) atoms. The molecule has 9 aromatic rings. The van der Waals surface area contributed by atoms with E-state index in [1.165, 1.54) is 73.5 Å². The number of alkyl halides is 5. The molecule has 0 saturated heterocycles. The van der Waals surface area contributed by atoms with Crippen LogP contribution >= 0.6 is 0 Å². The van der Waals surface area contributed by atoms with Gasteiger partial charge in [-0.05, 0) is 286 Å². The van der Waals surface area contributed by atoms with Crippen molar-refractivity contribution in [3.8, 4) is 46.0 Å². The molecule has 24 N–H and O–H groups in total. The van der Waals surface area contributed by atoms with Crippen LogP contribution < -0.4 is 40.1 Å². The largest absolute Gasteiger partial charge is 0.508 e. The van der Waals surface area contributed by atoms with Crippen molar-refractivity contribution >= 4 is 11.9 Å². The summed E-state index contributed by atoms with van der Waals surface area (Å²) in [5.41, 5.74) is 47.4. The zero-order chi connectivity index (χ0) is 89.1. The van der Waals surface area contributed by atoms with Gasteiger partial charge in [-0.1, -0.05) is 149 Å². The molecule has 8 atom stereocenters. The lowest BCUT2D eigenvalue weighted by Crippen LogP contribution is -2.48. The molecule has 24 heteroatoms. The zero-order valence-electron chi connectivity index (χ0n) is 70.2. The van der Waals surface area contributed by atoms with Crippen LogP contribution in [0, 0.1) is 26.7 Å². The summed E-state index contributed by atoms with van der Waals surface area (Å²) in [5.74, 6) is -4.97. The molecule has 0 aliphatic rings. The molecule has 0 aromatic heterocycles. The average Bonchev–Trinajstić information content (AvgIpc) is 0.823. The Morgan fingerprint density at radius 2 is 0.724 bits per heavy atom. The Labute approximate surface area is 682 Å². The highest BCUT2D eigenvalue weighted by molar-refractivity contribution is 5.79. The molecule has 0 amide bonds. The van der Waals surface area contributed by atoms with E-state index in [-0.39, 0.29) is 81.6 Å². The van der Waals surface area contributed by atoms with Crippen molar-refractivity contribution in [1.82, 2.24) is 0 Å². The molecule has 0 spiro atoms. The fourth-order valence-corrected chi connectivity index (χ4v) is 10.3. The Balaban J connectivity index is 0.000000653. The minimum atomic E-state index is -2.77. The van der Waals surface area contributed by atoms with Gasteiger partial charge < -0.3 is 79.7 Å². The second kappa shape index (κ2) is 47.7. The van der Waals surface area contributed by atoms with Crippen LogP contribution in [-0.4, -0.2) is 109 Å². The number of benzene rings is 9. The van der Waals surface area contributed by atoms with Gasteiger partial charge in [0.05, 0.1) is 6.67 Å². The van der Waals surface area contributed by atoms with Crippen molar-refractivity contribution in [2.45, 2.75) is 220 Å². The van der Waals surface area contributed by atoms with Gasteiger partial charge in [0.1, 0.15) is 57.7 Å². The maximum Gasteiger partial charge on any atom is 0.356 e. The van der Waals surface area contributed by atoms with Crippen LogP contribution in [0.2, 0.25) is 0 Å². The minimum absolute atomic E-state index is 0.0329. The van der Waals surface area contributed by atoms with Gasteiger partial charge in [0.15, 0.2) is 12.0 Å². The number of rotatable bonds is 21. The number of carbonyl (C=O) groups is 2. The van der Waals surface area contributed by atoms with Gasteiger partial charge in [0.25, 0.3) is 5.79 Å². The van der Waals surface area contributed by atoms with Crippen LogP contribution in [0.1, 0.15) is 194 Å². The molecule has 638 valence electrons. The second-order valence-electron chi connectivity index (χ2n) is 32.4. The summed E-state index contributed by atoms with van der Waals surface area (Å²) < 4.78 is 64.8. The molecule has 0 radical (unpaired) electrons. The predicted molar refractivity (Wildman–Crippen MR) is 457 cm³/mol. The van der Waals surface area contributed by atoms with E-state index in [1.54, 1.807) is 110 Å². The van der Waals surface area contributed by atoms with Gasteiger partial charge in [-0.15, -0.1) is 0 Å². The fraction of sp³-hybridized carbons (Fsp3) is 0.391. The molecule has 19 nitrogen and oxygen atoms in total. The van der Waals surface area contributed by atoms with E-state index in [0.29, 0.717) is 40.5 Å². The second-order valence-corrected chi connectivity index (χ2v) is 32.4. The monoisotopic (exact) mass is 1620 g/mol. The van der Waals surface area contributed by atoms with E-state index in [9.17, 15) is 41.8 Å². The summed E-state index contributed by atoms with van der Waals surface area (Å²) in [6.07, 6.45) is -0.0174. The highest BCUT2D eigenvalue weighted by Gasteiger charge is 2.39. The summed E-state index contributed by atoms with van der Waals surface area (Å²) in [6.45, 7) is 31.8. The van der Waals surface area contributed by atoms with Gasteiger partial charge in [-0.25, -0.2) is 22.4 Å². The fourth-order valence-electron chi connectivity index (χ4n) is 10.3. The molecule has 0 heterocycles. The minimum Gasteiger partial charge on any atom is -0.508 e. The molecular formula is C92H128F5N7O12. The maximum atomic E-state index is 13.8. The SMILES string of the molecule is CC(CF)Cc1ccc(O)cc1.CCC(F)c1ccc(O)cc1.C[C@H](c1ccc(O)cc1)C(C)(C)N.C[C@H](c1ccc(O)cc1)C(C)(C)N.C[C@](N)(F)Cc1ccc(O)cc1.Cc1cc(CC(C)(C)N)ccc1O.Cc1cc(O)ccc1CC(C)(C)N.Cc1ccc(C(F)C(C)(N)C(=O)O)cc1.N[C@](F)(Cc1ccc(O)cc1)C(=O)O. The van der Waals surface area contributed by atoms with Crippen LogP contribution in [0.3, 0.4) is 0 Å². The number of aliphatic carboxylic acids is 2. The number of hydrogen-bond donors (Lipinski definition) is 17. The van der Waals surface area contributed by atoms with Crippen LogP contribution in [0.4, 0.5) is 22.0 Å². The molecule has 4 unspecified atom stereocenters. The first kappa shape index (κ1) is 104. The summed E-state index contributed by atoms with van der Waals surface area (Å²) in [5, 5.41) is 89.6. The molecular weight excluding hydrogens is 1490 g/mol. The third-order valence-corrected chi connectivity index (χ3v) is 17.9. The van der Waals surface area contributed by atoms with Crippen molar-refractivity contribution in [1.29, 1.82) is 0 Å². The van der Waals surface area contributed by atoms with Crippen LogP contribution in [0.25, 0.3) is 0 Å². The maximum absolute atomic E-state index is 13.8. The number of nitrogens with two attached hydrogens (primary N) is 7. The first-order valence-electron chi connectivity index (χ1n) is 37.8. The third-order valence-electron chi connectivity index (χ3n) is 17.9. The molecule has 0 aliphatic heterocycles. The number of carboxylic acid groups (broad SMARTS) is 2. The Hall–Kier alpha value is -10.3. The number of phenolic OH excluding ortho intramolecular Hbond substituents is 8. The predicted octanol–water partition coefficient (Wildman–Crippen LogP) is 17.8. The van der Waals surface area contributed by atoms with E-state index < -0.39 is 47.8 Å². The van der Waals surface area contributed by atoms with E-state index in [1.807, 2.05) is 138 Å². The summed E-state index contributed by atoms with van der Waals surface area (Å²) >= 11 is 0. The molecule has 9 aromatic carbocycles. The van der Waals surface area contributed by atoms with E-state index in [4.69, 9.17) is 81.0 Å². The molecule has 9 rings (SSSR count). The quantitative estimate of drug-likeness (QED) is 0.0235. The first-order valence-corrected chi connectivity index (χ1v) is 37.8. The van der Waals surface area contributed by atoms with Crippen molar-refractivity contribution < 1.29 is 82.6 Å². The highest BCUT2D eigenvalue weighted by Crippen LogP contribution is 2.31. The van der Waals surface area contributed by atoms with Crippen molar-refractivity contribution in [3.05, 3.63) is 273 Å². The number of hydrogen-bond acceptors (Lipinski definition) is 17. The molecule has 0 saturated carbocycles. The van der Waals surface area contributed by atoms with Crippen molar-refractivity contribution in [3.63, 3.8) is 0 Å². The van der Waals surface area contributed by atoms with E-state index in [2.05, 4.69) is 13.8 Å². The molecule has 0 fully saturated rings. The first-order chi connectivity index (χ1) is 53.3. The lowest BCUT2D eigenvalue weighted by Gasteiger charge is -2.27. The van der Waals surface area contributed by atoms with Gasteiger partial charge in [-0.3, -0.25) is 20.7 Å². The van der Waals surface area contributed by atoms with Crippen molar-refractivity contribution in [2.75, 3.05) is 6.67 Å². The number of phenols is 8. The van der Waals surface area contributed by atoms with Gasteiger partial charge in [0, 0.05) is 35.0 Å². The number of halogens is 5. The summed E-state index contributed by atoms with van der Waals surface area (Å²) in [7, 11) is 0. The van der Waals surface area contributed by atoms with Crippen LogP contribution in [0.5, 0.6) is 46.0 Å². The van der Waals surface area contributed by atoms with Crippen molar-refractivity contribution in [2.24, 2.45) is 46.1 Å². The zero-order valence-corrected chi connectivity index (χ0v) is 70.2. The number of carboxylic acids is 2. The normalized spacial score (nSPS) is 13.9. The topological polar surface area (TPSA) is 419 Å². The van der Waals surface area contributed by atoms with Gasteiger partial charge >= 0.3 is 11.9 Å². The third kappa shape index (κ3) is 42.9. The molecule has 0 bridgehead atoms. The Morgan fingerprint density at radius 3 is 1.04 bits per heavy atom. The van der Waals surface area contributed by atoms with Crippen LogP contribution in [0.15, 0.2) is 206 Å². The Bertz CT molecular complexity index is 4240. The lowest BCUT2D eigenvalue weighted by molar-refractivity contribution is -0.150. The van der Waals surface area contributed by atoms with E-state index >= 15 is 0 Å².